The van der Waals surface area contributed by atoms with Crippen molar-refractivity contribution < 1.29 is 24.9 Å². The van der Waals surface area contributed by atoms with Crippen LogP contribution in [0.15, 0.2) is 48.5 Å². The third kappa shape index (κ3) is 5.84. The lowest BCUT2D eigenvalue weighted by atomic mass is 10.0. The summed E-state index contributed by atoms with van der Waals surface area (Å²) < 4.78 is 5.52. The zero-order chi connectivity index (χ0) is 19.1. The number of phenols is 1. The average Bonchev–Trinajstić information content (AvgIpc) is 2.64. The lowest BCUT2D eigenvalue weighted by Crippen LogP contribution is -2.39. The number of ether oxygens (including phenoxy) is 1. The molecule has 0 aliphatic carbocycles. The number of ketones is 1. The van der Waals surface area contributed by atoms with Crippen molar-refractivity contribution in [1.29, 1.82) is 0 Å². The van der Waals surface area contributed by atoms with E-state index in [4.69, 9.17) is 4.74 Å². The van der Waals surface area contributed by atoms with Gasteiger partial charge in [-0.05, 0) is 43.7 Å². The van der Waals surface area contributed by atoms with E-state index in [9.17, 15) is 20.1 Å². The van der Waals surface area contributed by atoms with Gasteiger partial charge in [0, 0.05) is 18.2 Å². The van der Waals surface area contributed by atoms with Crippen molar-refractivity contribution in [3.63, 3.8) is 0 Å². The summed E-state index contributed by atoms with van der Waals surface area (Å²) in [5.41, 5.74) is 1.23. The van der Waals surface area contributed by atoms with Crippen molar-refractivity contribution in [3.8, 4) is 11.5 Å². The minimum absolute atomic E-state index is 0.0466. The van der Waals surface area contributed by atoms with Crippen LogP contribution in [0.5, 0.6) is 11.5 Å². The van der Waals surface area contributed by atoms with Gasteiger partial charge in [-0.2, -0.15) is 0 Å². The molecule has 0 aromatic heterocycles. The Morgan fingerprint density at radius 1 is 1.15 bits per heavy atom. The molecular formula is C20H25NO5. The van der Waals surface area contributed by atoms with Gasteiger partial charge in [-0.15, -0.1) is 0 Å². The molecule has 0 bridgehead atoms. The van der Waals surface area contributed by atoms with E-state index in [0.717, 1.165) is 0 Å². The first kappa shape index (κ1) is 19.9. The Morgan fingerprint density at radius 3 is 2.50 bits per heavy atom. The van der Waals surface area contributed by atoms with Crippen LogP contribution in [0.4, 0.5) is 0 Å². The summed E-state index contributed by atoms with van der Waals surface area (Å²) in [5.74, 6) is 0.617. The summed E-state index contributed by atoms with van der Waals surface area (Å²) in [5, 5.41) is 32.7. The van der Waals surface area contributed by atoms with Gasteiger partial charge < -0.3 is 25.4 Å². The van der Waals surface area contributed by atoms with Gasteiger partial charge in [0.15, 0.2) is 5.78 Å². The van der Waals surface area contributed by atoms with E-state index in [1.54, 1.807) is 43.3 Å². The summed E-state index contributed by atoms with van der Waals surface area (Å²) in [6, 6.07) is 12.8. The maximum absolute atomic E-state index is 11.4. The van der Waals surface area contributed by atoms with Crippen LogP contribution in [-0.2, 0) is 0 Å². The molecule has 0 heterocycles. The second-order valence-corrected chi connectivity index (χ2v) is 6.28. The zero-order valence-electron chi connectivity index (χ0n) is 14.9. The van der Waals surface area contributed by atoms with Crippen LogP contribution in [0.2, 0.25) is 0 Å². The number of carbonyl (C=O) groups excluding carboxylic acids is 1. The monoisotopic (exact) mass is 359 g/mol. The SMILES string of the molecule is CC(=O)c1cccc(OC[C@H](O)CN[C@@H](C)[C@H](O)c2ccc(O)cc2)c1. The molecular weight excluding hydrogens is 334 g/mol. The molecule has 0 spiro atoms. The van der Waals surface area contributed by atoms with Crippen LogP contribution in [0.1, 0.15) is 35.9 Å². The highest BCUT2D eigenvalue weighted by molar-refractivity contribution is 5.94. The molecule has 0 saturated carbocycles. The van der Waals surface area contributed by atoms with Crippen LogP contribution in [-0.4, -0.2) is 46.4 Å². The van der Waals surface area contributed by atoms with Crippen LogP contribution in [0.3, 0.4) is 0 Å². The number of Topliss-reactive ketones (excluding diaryl/α,β-unsaturated/α-hetero) is 1. The highest BCUT2D eigenvalue weighted by Crippen LogP contribution is 2.19. The van der Waals surface area contributed by atoms with E-state index in [1.807, 2.05) is 0 Å². The first-order valence-corrected chi connectivity index (χ1v) is 8.49. The summed E-state index contributed by atoms with van der Waals surface area (Å²) in [6.45, 7) is 3.60. The summed E-state index contributed by atoms with van der Waals surface area (Å²) in [7, 11) is 0. The third-order valence-electron chi connectivity index (χ3n) is 4.07. The molecule has 0 radical (unpaired) electrons. The number of aliphatic hydroxyl groups excluding tert-OH is 2. The van der Waals surface area contributed by atoms with Gasteiger partial charge in [-0.1, -0.05) is 24.3 Å². The number of aliphatic hydroxyl groups is 2. The van der Waals surface area contributed by atoms with E-state index < -0.39 is 12.2 Å². The molecule has 6 heteroatoms. The molecule has 2 aromatic rings. The molecule has 140 valence electrons. The molecule has 2 aromatic carbocycles. The van der Waals surface area contributed by atoms with Crippen molar-refractivity contribution in [3.05, 3.63) is 59.7 Å². The van der Waals surface area contributed by atoms with Crippen LogP contribution in [0.25, 0.3) is 0 Å². The summed E-state index contributed by atoms with van der Waals surface area (Å²) in [6.07, 6.45) is -1.54. The number of carbonyl (C=O) groups is 1. The first-order chi connectivity index (χ1) is 12.4. The van der Waals surface area contributed by atoms with Crippen LogP contribution < -0.4 is 10.1 Å². The van der Waals surface area contributed by atoms with Gasteiger partial charge >= 0.3 is 0 Å². The van der Waals surface area contributed by atoms with Crippen molar-refractivity contribution in [2.45, 2.75) is 32.1 Å². The minimum atomic E-state index is -0.773. The molecule has 26 heavy (non-hydrogen) atoms. The predicted octanol–water partition coefficient (Wildman–Crippen LogP) is 2.05. The molecule has 0 amide bonds. The molecule has 0 aliphatic heterocycles. The first-order valence-electron chi connectivity index (χ1n) is 8.49. The van der Waals surface area contributed by atoms with Gasteiger partial charge in [-0.25, -0.2) is 0 Å². The fourth-order valence-corrected chi connectivity index (χ4v) is 2.45. The van der Waals surface area contributed by atoms with Crippen molar-refractivity contribution in [1.82, 2.24) is 5.32 Å². The number of rotatable bonds is 9. The lowest BCUT2D eigenvalue weighted by molar-refractivity contribution is 0.0875. The molecule has 3 atom stereocenters. The van der Waals surface area contributed by atoms with Crippen LogP contribution in [0, 0.1) is 0 Å². The lowest BCUT2D eigenvalue weighted by Gasteiger charge is -2.22. The minimum Gasteiger partial charge on any atom is -0.508 e. The molecule has 0 aliphatic rings. The Kier molecular flexibility index (Phi) is 7.15. The number of nitrogens with one attached hydrogen (secondary N) is 1. The topological polar surface area (TPSA) is 99.0 Å². The maximum Gasteiger partial charge on any atom is 0.159 e. The number of hydrogen-bond acceptors (Lipinski definition) is 6. The fraction of sp³-hybridized carbons (Fsp3) is 0.350. The van der Waals surface area contributed by atoms with Gasteiger partial charge in [0.25, 0.3) is 0 Å². The highest BCUT2D eigenvalue weighted by atomic mass is 16.5. The maximum atomic E-state index is 11.4. The normalized spacial score (nSPS) is 14.5. The number of aromatic hydroxyl groups is 1. The van der Waals surface area contributed by atoms with Gasteiger partial charge in [0.1, 0.15) is 24.2 Å². The molecule has 4 N–H and O–H groups in total. The summed E-state index contributed by atoms with van der Waals surface area (Å²) >= 11 is 0. The number of phenolic OH excluding ortho intramolecular Hbond substituents is 1. The molecule has 0 unspecified atom stereocenters. The zero-order valence-corrected chi connectivity index (χ0v) is 14.9. The Labute approximate surface area is 153 Å². The molecule has 0 saturated heterocycles. The number of benzene rings is 2. The van der Waals surface area contributed by atoms with Gasteiger partial charge in [-0.3, -0.25) is 4.79 Å². The highest BCUT2D eigenvalue weighted by Gasteiger charge is 2.17. The smallest absolute Gasteiger partial charge is 0.159 e. The second-order valence-electron chi connectivity index (χ2n) is 6.28. The fourth-order valence-electron chi connectivity index (χ4n) is 2.45. The van der Waals surface area contributed by atoms with E-state index in [0.29, 0.717) is 16.9 Å². The average molecular weight is 359 g/mol. The second kappa shape index (κ2) is 9.33. The molecule has 2 rings (SSSR count). The van der Waals surface area contributed by atoms with E-state index in [2.05, 4.69) is 5.32 Å². The van der Waals surface area contributed by atoms with Crippen molar-refractivity contribution >= 4 is 5.78 Å². The van der Waals surface area contributed by atoms with E-state index in [-0.39, 0.29) is 30.7 Å². The Bertz CT molecular complexity index is 716. The van der Waals surface area contributed by atoms with Crippen molar-refractivity contribution in [2.24, 2.45) is 0 Å². The Balaban J connectivity index is 1.79. The standard InChI is InChI=1S/C20H25NO5/c1-13(20(25)15-6-8-17(23)9-7-15)21-11-18(24)12-26-19-5-3-4-16(10-19)14(2)22/h3-10,13,18,20-21,23-25H,11-12H2,1-2H3/t13-,18+,20-/m0/s1. The molecule has 0 fully saturated rings. The predicted molar refractivity (Wildman–Crippen MR) is 98.5 cm³/mol. The van der Waals surface area contributed by atoms with E-state index >= 15 is 0 Å². The Morgan fingerprint density at radius 2 is 1.85 bits per heavy atom. The van der Waals surface area contributed by atoms with Gasteiger partial charge in [0.2, 0.25) is 0 Å². The van der Waals surface area contributed by atoms with Crippen molar-refractivity contribution in [2.75, 3.05) is 13.2 Å². The largest absolute Gasteiger partial charge is 0.508 e. The quantitative estimate of drug-likeness (QED) is 0.512. The third-order valence-corrected chi connectivity index (χ3v) is 4.07. The number of hydrogen-bond donors (Lipinski definition) is 4. The van der Waals surface area contributed by atoms with E-state index in [1.165, 1.54) is 19.1 Å². The Hall–Kier alpha value is -2.41. The van der Waals surface area contributed by atoms with Gasteiger partial charge in [0.05, 0.1) is 6.10 Å². The van der Waals surface area contributed by atoms with Crippen LogP contribution >= 0.6 is 0 Å². The summed E-state index contributed by atoms with van der Waals surface area (Å²) in [4.78, 5) is 11.4. The molecule has 6 nitrogen and oxygen atoms in total.